The van der Waals surface area contributed by atoms with Crippen molar-refractivity contribution in [3.05, 3.63) is 41.0 Å². The van der Waals surface area contributed by atoms with Crippen molar-refractivity contribution >= 4 is 28.4 Å². The maximum atomic E-state index is 12.3. The minimum absolute atomic E-state index is 0.102. The van der Waals surface area contributed by atoms with Gasteiger partial charge in [-0.15, -0.1) is 0 Å². The summed E-state index contributed by atoms with van der Waals surface area (Å²) in [6.45, 7) is 2.15. The Labute approximate surface area is 148 Å². The standard InChI is InChI=1S/C16H21N3O.CH4O3S/c1-2-5-13-9-8-12-6-3-4-7-14(12)10-15(13)16(20)18-11-19-17;1-5(2,3)4/h3-4,6-7,10-11,13H,2,5,8-9,17H2,1H3,(H,18,19,20);1H3,(H,2,3,4). The molecule has 1 aromatic rings. The summed E-state index contributed by atoms with van der Waals surface area (Å²) in [5, 5.41) is 5.95. The number of fused-ring (bicyclic) bond motifs is 1. The van der Waals surface area contributed by atoms with Crippen LogP contribution in [0.4, 0.5) is 0 Å². The van der Waals surface area contributed by atoms with E-state index in [2.05, 4.69) is 29.5 Å². The number of nitrogens with one attached hydrogen (secondary N) is 1. The fraction of sp³-hybridized carbons (Fsp3) is 0.412. The number of hydrogen-bond donors (Lipinski definition) is 3. The molecule has 1 atom stereocenters. The van der Waals surface area contributed by atoms with Crippen molar-refractivity contribution < 1.29 is 17.8 Å². The third kappa shape index (κ3) is 7.95. The lowest BCUT2D eigenvalue weighted by atomic mass is 9.90. The highest BCUT2D eigenvalue weighted by molar-refractivity contribution is 7.85. The smallest absolute Gasteiger partial charge is 0.261 e. The van der Waals surface area contributed by atoms with Gasteiger partial charge >= 0.3 is 0 Å². The Morgan fingerprint density at radius 1 is 1.44 bits per heavy atom. The first-order chi connectivity index (χ1) is 11.8. The molecular weight excluding hydrogens is 342 g/mol. The normalized spacial score (nSPS) is 16.9. The van der Waals surface area contributed by atoms with Gasteiger partial charge in [0.15, 0.2) is 0 Å². The third-order valence-electron chi connectivity index (χ3n) is 3.74. The van der Waals surface area contributed by atoms with Crippen LogP contribution in [0, 0.1) is 5.92 Å². The summed E-state index contributed by atoms with van der Waals surface area (Å²) in [4.78, 5) is 12.3. The largest absolute Gasteiger partial charge is 0.322 e. The first-order valence-corrected chi connectivity index (χ1v) is 9.85. The Balaban J connectivity index is 0.000000550. The SMILES string of the molecule is CCCC1CCc2ccccc2C=C1C(=O)NC=NN.CS(=O)(=O)O. The molecule has 1 aliphatic rings. The Hall–Kier alpha value is -2.19. The molecule has 138 valence electrons. The Morgan fingerprint density at radius 2 is 2.08 bits per heavy atom. The predicted molar refractivity (Wildman–Crippen MR) is 99.4 cm³/mol. The monoisotopic (exact) mass is 367 g/mol. The van der Waals surface area contributed by atoms with Gasteiger partial charge in [-0.1, -0.05) is 37.6 Å². The Kier molecular flexibility index (Phi) is 8.30. The van der Waals surface area contributed by atoms with E-state index in [9.17, 15) is 13.2 Å². The number of hydrazone groups is 1. The van der Waals surface area contributed by atoms with E-state index in [4.69, 9.17) is 10.4 Å². The van der Waals surface area contributed by atoms with Crippen LogP contribution in [0.5, 0.6) is 0 Å². The number of rotatable bonds is 4. The number of carbonyl (C=O) groups is 1. The van der Waals surface area contributed by atoms with E-state index in [1.54, 1.807) is 0 Å². The van der Waals surface area contributed by atoms with Crippen LogP contribution in [0.1, 0.15) is 37.3 Å². The predicted octanol–water partition coefficient (Wildman–Crippen LogP) is 1.95. The molecule has 0 saturated heterocycles. The fourth-order valence-electron chi connectivity index (χ4n) is 2.75. The number of hydrogen-bond acceptors (Lipinski definition) is 5. The highest BCUT2D eigenvalue weighted by atomic mass is 32.2. The van der Waals surface area contributed by atoms with Gasteiger partial charge in [-0.2, -0.15) is 13.5 Å². The Morgan fingerprint density at radius 3 is 2.68 bits per heavy atom. The summed E-state index contributed by atoms with van der Waals surface area (Å²) in [7, 11) is -3.67. The van der Waals surface area contributed by atoms with E-state index >= 15 is 0 Å². The first-order valence-electron chi connectivity index (χ1n) is 8.00. The number of amides is 1. The minimum Gasteiger partial charge on any atom is -0.322 e. The van der Waals surface area contributed by atoms with E-state index in [-0.39, 0.29) is 5.91 Å². The third-order valence-corrected chi connectivity index (χ3v) is 3.74. The molecule has 1 unspecified atom stereocenters. The van der Waals surface area contributed by atoms with Crippen LogP contribution in [0.25, 0.3) is 6.08 Å². The van der Waals surface area contributed by atoms with Gasteiger partial charge < -0.3 is 11.2 Å². The second-order valence-electron chi connectivity index (χ2n) is 5.81. The molecule has 4 N–H and O–H groups in total. The van der Waals surface area contributed by atoms with E-state index < -0.39 is 10.1 Å². The number of nitrogens with two attached hydrogens (primary N) is 1. The van der Waals surface area contributed by atoms with Gasteiger partial charge in [-0.3, -0.25) is 9.35 Å². The molecule has 8 heteroatoms. The molecule has 2 rings (SSSR count). The summed E-state index contributed by atoms with van der Waals surface area (Å²) >= 11 is 0. The van der Waals surface area contributed by atoms with Crippen molar-refractivity contribution in [1.29, 1.82) is 0 Å². The molecule has 25 heavy (non-hydrogen) atoms. The molecule has 0 fully saturated rings. The summed E-state index contributed by atoms with van der Waals surface area (Å²) in [5.41, 5.74) is 3.28. The van der Waals surface area contributed by atoms with Crippen molar-refractivity contribution in [2.75, 3.05) is 6.26 Å². The van der Waals surface area contributed by atoms with Gasteiger partial charge in [0.25, 0.3) is 16.0 Å². The molecular formula is C17H25N3O4S. The van der Waals surface area contributed by atoms with Gasteiger partial charge in [0.2, 0.25) is 0 Å². The van der Waals surface area contributed by atoms with Crippen molar-refractivity contribution in [2.45, 2.75) is 32.6 Å². The molecule has 0 heterocycles. The minimum atomic E-state index is -3.67. The highest BCUT2D eigenvalue weighted by Crippen LogP contribution is 2.30. The zero-order valence-electron chi connectivity index (χ0n) is 14.5. The molecule has 0 spiro atoms. The van der Waals surface area contributed by atoms with Crippen molar-refractivity contribution in [2.24, 2.45) is 16.9 Å². The van der Waals surface area contributed by atoms with Crippen LogP contribution >= 0.6 is 0 Å². The average Bonchev–Trinajstić information content (AvgIpc) is 2.71. The lowest BCUT2D eigenvalue weighted by Gasteiger charge is -2.16. The molecule has 1 amide bonds. The summed E-state index contributed by atoms with van der Waals surface area (Å²) < 4.78 is 25.9. The van der Waals surface area contributed by atoms with Crippen molar-refractivity contribution in [3.63, 3.8) is 0 Å². The number of aryl methyl sites for hydroxylation is 1. The second kappa shape index (κ2) is 9.95. The molecule has 0 radical (unpaired) electrons. The molecule has 0 saturated carbocycles. The van der Waals surface area contributed by atoms with Crippen LogP contribution in [-0.2, 0) is 21.3 Å². The topological polar surface area (TPSA) is 122 Å². The zero-order valence-corrected chi connectivity index (χ0v) is 15.3. The van der Waals surface area contributed by atoms with Crippen LogP contribution in [-0.4, -0.2) is 31.5 Å². The lowest BCUT2D eigenvalue weighted by molar-refractivity contribution is -0.116. The molecule has 1 aliphatic carbocycles. The quantitative estimate of drug-likeness (QED) is 0.247. The van der Waals surface area contributed by atoms with Gasteiger partial charge in [-0.05, 0) is 42.4 Å². The van der Waals surface area contributed by atoms with Crippen LogP contribution < -0.4 is 11.2 Å². The van der Waals surface area contributed by atoms with Crippen molar-refractivity contribution in [3.8, 4) is 0 Å². The van der Waals surface area contributed by atoms with Crippen LogP contribution in [0.15, 0.2) is 34.9 Å². The van der Waals surface area contributed by atoms with E-state index in [0.717, 1.165) is 36.8 Å². The maximum absolute atomic E-state index is 12.3. The summed E-state index contributed by atoms with van der Waals surface area (Å²) in [6.07, 6.45) is 8.07. The molecule has 0 bridgehead atoms. The first kappa shape index (κ1) is 20.9. The number of carbonyl (C=O) groups excluding carboxylic acids is 1. The lowest BCUT2D eigenvalue weighted by Crippen LogP contribution is -2.27. The second-order valence-corrected chi connectivity index (χ2v) is 7.27. The van der Waals surface area contributed by atoms with Crippen LogP contribution in [0.2, 0.25) is 0 Å². The zero-order chi connectivity index (χ0) is 18.9. The maximum Gasteiger partial charge on any atom is 0.261 e. The van der Waals surface area contributed by atoms with Crippen LogP contribution in [0.3, 0.4) is 0 Å². The fourth-order valence-corrected chi connectivity index (χ4v) is 2.75. The molecule has 1 aromatic carbocycles. The highest BCUT2D eigenvalue weighted by Gasteiger charge is 2.23. The van der Waals surface area contributed by atoms with Crippen molar-refractivity contribution in [1.82, 2.24) is 5.32 Å². The van der Waals surface area contributed by atoms with E-state index in [1.165, 1.54) is 11.9 Å². The molecule has 0 aromatic heterocycles. The number of nitrogens with zero attached hydrogens (tertiary/aromatic N) is 1. The summed E-state index contributed by atoms with van der Waals surface area (Å²) in [5.74, 6) is 5.23. The summed E-state index contributed by atoms with van der Waals surface area (Å²) in [6, 6.07) is 8.25. The van der Waals surface area contributed by atoms with Gasteiger partial charge in [0.1, 0.15) is 6.34 Å². The van der Waals surface area contributed by atoms with Gasteiger partial charge in [0.05, 0.1) is 6.26 Å². The molecule has 0 aliphatic heterocycles. The van der Waals surface area contributed by atoms with Gasteiger partial charge in [0, 0.05) is 5.57 Å². The Bertz CT molecular complexity index is 734. The average molecular weight is 367 g/mol. The number of benzene rings is 1. The van der Waals surface area contributed by atoms with E-state index in [0.29, 0.717) is 12.2 Å². The van der Waals surface area contributed by atoms with Gasteiger partial charge in [-0.25, -0.2) is 0 Å². The van der Waals surface area contributed by atoms with E-state index in [1.807, 2.05) is 18.2 Å². The molecule has 7 nitrogen and oxygen atoms in total.